The zero-order chi connectivity index (χ0) is 36.0. The van der Waals surface area contributed by atoms with Crippen molar-refractivity contribution < 1.29 is 9.59 Å². The van der Waals surface area contributed by atoms with Gasteiger partial charge in [-0.05, 0) is 49.3 Å². The number of para-hydroxylation sites is 1. The Hall–Kier alpha value is -5.04. The molecule has 4 aliphatic rings. The number of allylic oxidation sites excluding steroid dienone is 1. The Morgan fingerprint density at radius 3 is 2.53 bits per heavy atom. The minimum atomic E-state index is -0.314. The molecule has 5 heterocycles. The molecule has 0 radical (unpaired) electrons. The Balaban J connectivity index is 1.10. The third kappa shape index (κ3) is 6.86. The van der Waals surface area contributed by atoms with Crippen molar-refractivity contribution in [2.24, 2.45) is 16.9 Å². The van der Waals surface area contributed by atoms with E-state index in [2.05, 4.69) is 64.3 Å². The summed E-state index contributed by atoms with van der Waals surface area (Å²) >= 11 is 0. The van der Waals surface area contributed by atoms with Crippen LogP contribution in [0.15, 0.2) is 65.9 Å². The van der Waals surface area contributed by atoms with Crippen molar-refractivity contribution in [3.63, 3.8) is 0 Å². The van der Waals surface area contributed by atoms with Crippen molar-refractivity contribution in [2.45, 2.75) is 71.1 Å². The zero-order valence-electron chi connectivity index (χ0n) is 30.4. The second-order valence-electron chi connectivity index (χ2n) is 15.2. The van der Waals surface area contributed by atoms with Crippen molar-refractivity contribution in [3.05, 3.63) is 83.0 Å². The molecule has 7 rings (SSSR count). The van der Waals surface area contributed by atoms with Gasteiger partial charge in [0.1, 0.15) is 11.4 Å². The van der Waals surface area contributed by atoms with Gasteiger partial charge in [-0.25, -0.2) is 4.98 Å². The number of anilines is 2. The average Bonchev–Trinajstić information content (AvgIpc) is 3.69. The van der Waals surface area contributed by atoms with E-state index in [1.807, 2.05) is 41.4 Å². The second kappa shape index (κ2) is 13.6. The first kappa shape index (κ1) is 34.4. The summed E-state index contributed by atoms with van der Waals surface area (Å²) in [6, 6.07) is 12.4. The van der Waals surface area contributed by atoms with Gasteiger partial charge in [-0.3, -0.25) is 19.2 Å². The van der Waals surface area contributed by atoms with Crippen LogP contribution in [0.5, 0.6) is 0 Å². The molecule has 3 fully saturated rings. The van der Waals surface area contributed by atoms with Crippen LogP contribution in [0.4, 0.5) is 11.4 Å². The van der Waals surface area contributed by atoms with Crippen molar-refractivity contribution >= 4 is 23.2 Å². The van der Waals surface area contributed by atoms with Crippen LogP contribution < -0.4 is 32.3 Å². The molecule has 2 aromatic heterocycles. The molecular formula is C38H51N11O2. The Bertz CT molecular complexity index is 1890. The summed E-state index contributed by atoms with van der Waals surface area (Å²) in [5, 5.41) is 14.3. The number of fused-ring (bicyclic) bond motifs is 3. The number of nitrogens with one attached hydrogen (secondary N) is 3. The number of nitrogens with two attached hydrogens (primary N) is 2. The summed E-state index contributed by atoms with van der Waals surface area (Å²) < 4.78 is 2.21. The fourth-order valence-electron chi connectivity index (χ4n) is 7.61. The fourth-order valence-corrected chi connectivity index (χ4v) is 7.61. The number of hydrogen-bond acceptors (Lipinski definition) is 10. The molecule has 0 spiro atoms. The lowest BCUT2D eigenvalue weighted by Gasteiger charge is -2.43. The quantitative estimate of drug-likeness (QED) is 0.148. The Labute approximate surface area is 300 Å². The zero-order valence-corrected chi connectivity index (χ0v) is 30.4. The van der Waals surface area contributed by atoms with Gasteiger partial charge < -0.3 is 37.2 Å². The SMILES string of the molecule is CCC1c2c(cnn2C2CN(Cc3cccc(C(=O)N4CCC(C)(C)C4)n3)C2)-c2cccc(NC(/C=C(\N)NC)=C(/N)C(=O)NC3CC3)c2N1C. The highest BCUT2D eigenvalue weighted by Gasteiger charge is 2.38. The lowest BCUT2D eigenvalue weighted by atomic mass is 9.91. The largest absolute Gasteiger partial charge is 0.393 e. The topological polar surface area (TPSA) is 163 Å². The van der Waals surface area contributed by atoms with Crippen LogP contribution >= 0.6 is 0 Å². The number of nitrogens with zero attached hydrogens (tertiary/aromatic N) is 6. The molecule has 3 aliphatic heterocycles. The molecular weight excluding hydrogens is 642 g/mol. The van der Waals surface area contributed by atoms with Gasteiger partial charge >= 0.3 is 0 Å². The van der Waals surface area contributed by atoms with Gasteiger partial charge in [0, 0.05) is 70.1 Å². The summed E-state index contributed by atoms with van der Waals surface area (Å²) in [7, 11) is 3.83. The first-order chi connectivity index (χ1) is 24.5. The molecule has 2 saturated heterocycles. The van der Waals surface area contributed by atoms with Gasteiger partial charge in [-0.2, -0.15) is 5.10 Å². The maximum Gasteiger partial charge on any atom is 0.272 e. The van der Waals surface area contributed by atoms with Crippen LogP contribution in [0.25, 0.3) is 11.1 Å². The predicted octanol–water partition coefficient (Wildman–Crippen LogP) is 3.66. The molecule has 13 nitrogen and oxygen atoms in total. The summed E-state index contributed by atoms with van der Waals surface area (Å²) in [5.74, 6) is 0.0883. The summed E-state index contributed by atoms with van der Waals surface area (Å²) in [6.07, 6.45) is 7.46. The standard InChI is InChI=1S/C38H51N11O2/c1-6-31-35-27(26-10-8-11-28(34(26)46(31)5)45-30(17-32(39)41-4)33(40)36(50)44-23-13-14-23)18-42-49(35)25-20-47(21-25)19-24-9-7-12-29(43-24)37(51)48-16-15-38(2,3)22-48/h7-12,17-18,23,25,31,41,45H,6,13-16,19-22,39-40H2,1-5H3,(H,44,50)/b32-17+,33-30+. The first-order valence-electron chi connectivity index (χ1n) is 18.1. The minimum Gasteiger partial charge on any atom is -0.393 e. The van der Waals surface area contributed by atoms with Gasteiger partial charge in [0.05, 0.1) is 52.6 Å². The van der Waals surface area contributed by atoms with Crippen LogP contribution in [0.1, 0.15) is 80.4 Å². The van der Waals surface area contributed by atoms with Gasteiger partial charge in [0.15, 0.2) is 0 Å². The van der Waals surface area contributed by atoms with E-state index in [1.165, 1.54) is 5.69 Å². The van der Waals surface area contributed by atoms with Gasteiger partial charge in [0.2, 0.25) is 0 Å². The third-order valence-corrected chi connectivity index (χ3v) is 10.6. The van der Waals surface area contributed by atoms with E-state index in [0.29, 0.717) is 23.8 Å². The number of carbonyl (C=O) groups is 2. The fraction of sp³-hybridized carbons (Fsp3) is 0.474. The first-order valence-corrected chi connectivity index (χ1v) is 18.1. The molecule has 270 valence electrons. The van der Waals surface area contributed by atoms with Gasteiger partial charge in [0.25, 0.3) is 11.8 Å². The van der Waals surface area contributed by atoms with E-state index in [0.717, 1.165) is 80.1 Å². The molecule has 1 unspecified atom stereocenters. The van der Waals surface area contributed by atoms with E-state index in [1.54, 1.807) is 13.1 Å². The molecule has 1 atom stereocenters. The van der Waals surface area contributed by atoms with E-state index < -0.39 is 0 Å². The number of hydrogen-bond donors (Lipinski definition) is 5. The lowest BCUT2D eigenvalue weighted by Crippen LogP contribution is -2.48. The van der Waals surface area contributed by atoms with Gasteiger partial charge in [-0.1, -0.05) is 39.0 Å². The molecule has 51 heavy (non-hydrogen) atoms. The molecule has 0 bridgehead atoms. The highest BCUT2D eigenvalue weighted by Crippen LogP contribution is 2.49. The monoisotopic (exact) mass is 693 g/mol. The maximum atomic E-state index is 13.2. The normalized spacial score (nSPS) is 20.6. The number of carbonyl (C=O) groups excluding carboxylic acids is 2. The van der Waals surface area contributed by atoms with E-state index in [-0.39, 0.29) is 41.1 Å². The number of likely N-dealkylation sites (tertiary alicyclic amines) is 2. The second-order valence-corrected chi connectivity index (χ2v) is 15.2. The molecule has 1 saturated carbocycles. The Morgan fingerprint density at radius 1 is 1.08 bits per heavy atom. The minimum absolute atomic E-state index is 0.0220. The lowest BCUT2D eigenvalue weighted by molar-refractivity contribution is -0.117. The summed E-state index contributed by atoms with van der Waals surface area (Å²) in [4.78, 5) is 37.5. The molecule has 1 aliphatic carbocycles. The van der Waals surface area contributed by atoms with Gasteiger partial charge in [-0.15, -0.1) is 0 Å². The van der Waals surface area contributed by atoms with Crippen LogP contribution in [-0.2, 0) is 11.3 Å². The van der Waals surface area contributed by atoms with Crippen molar-refractivity contribution in [2.75, 3.05) is 50.5 Å². The van der Waals surface area contributed by atoms with Crippen molar-refractivity contribution in [3.8, 4) is 11.1 Å². The van der Waals surface area contributed by atoms with Crippen molar-refractivity contribution in [1.82, 2.24) is 35.2 Å². The van der Waals surface area contributed by atoms with Crippen LogP contribution in [0.3, 0.4) is 0 Å². The number of benzene rings is 1. The smallest absolute Gasteiger partial charge is 0.272 e. The van der Waals surface area contributed by atoms with E-state index in [9.17, 15) is 9.59 Å². The maximum absolute atomic E-state index is 13.2. The van der Waals surface area contributed by atoms with E-state index in [4.69, 9.17) is 21.5 Å². The molecule has 1 aromatic carbocycles. The summed E-state index contributed by atoms with van der Waals surface area (Å²) in [6.45, 7) is 10.5. The predicted molar refractivity (Wildman–Crippen MR) is 199 cm³/mol. The molecule has 13 heteroatoms. The number of rotatable bonds is 11. The van der Waals surface area contributed by atoms with E-state index >= 15 is 0 Å². The number of amides is 2. The van der Waals surface area contributed by atoms with Crippen molar-refractivity contribution in [1.29, 1.82) is 0 Å². The van der Waals surface area contributed by atoms with Crippen LogP contribution in [0.2, 0.25) is 0 Å². The molecule has 7 N–H and O–H groups in total. The molecule has 3 aromatic rings. The van der Waals surface area contributed by atoms with Crippen LogP contribution in [-0.4, -0.2) is 82.7 Å². The Kier molecular flexibility index (Phi) is 9.17. The highest BCUT2D eigenvalue weighted by molar-refractivity contribution is 5.96. The Morgan fingerprint density at radius 2 is 1.84 bits per heavy atom. The molecule has 2 amide bonds. The third-order valence-electron chi connectivity index (χ3n) is 10.6. The number of aromatic nitrogens is 3. The summed E-state index contributed by atoms with van der Waals surface area (Å²) in [5.41, 5.74) is 19.9. The average molecular weight is 694 g/mol. The highest BCUT2D eigenvalue weighted by atomic mass is 16.2. The number of pyridine rings is 1. The van der Waals surface area contributed by atoms with Crippen LogP contribution in [0, 0.1) is 5.41 Å².